The smallest absolute Gasteiger partial charge is 0.165 e. The van der Waals surface area contributed by atoms with Gasteiger partial charge in [0.15, 0.2) is 11.6 Å². The fourth-order valence-corrected chi connectivity index (χ4v) is 1.81. The van der Waals surface area contributed by atoms with Gasteiger partial charge in [0.25, 0.3) is 0 Å². The largest absolute Gasteiger partial charge is 0.453 e. The van der Waals surface area contributed by atoms with Gasteiger partial charge < -0.3 is 4.74 Å². The first-order chi connectivity index (χ1) is 9.13. The summed E-state index contributed by atoms with van der Waals surface area (Å²) < 4.78 is 19.6. The average molecular weight is 320 g/mol. The summed E-state index contributed by atoms with van der Waals surface area (Å²) in [5.41, 5.74) is 0.530. The van der Waals surface area contributed by atoms with E-state index in [1.807, 2.05) is 6.07 Å². The third-order valence-electron chi connectivity index (χ3n) is 2.37. The number of carbonyl (C=O) groups excluding carboxylic acids is 1. The Morgan fingerprint density at radius 3 is 2.68 bits per heavy atom. The summed E-state index contributed by atoms with van der Waals surface area (Å²) >= 11 is 3.21. The van der Waals surface area contributed by atoms with Crippen molar-refractivity contribution in [3.8, 4) is 17.6 Å². The number of rotatable bonds is 3. The van der Waals surface area contributed by atoms with Crippen LogP contribution in [0.25, 0.3) is 0 Å². The van der Waals surface area contributed by atoms with Gasteiger partial charge in [-0.05, 0) is 36.4 Å². The molecule has 0 radical (unpaired) electrons. The maximum Gasteiger partial charge on any atom is 0.165 e. The van der Waals surface area contributed by atoms with Gasteiger partial charge in [-0.1, -0.05) is 15.9 Å². The molecule has 0 saturated heterocycles. The zero-order chi connectivity index (χ0) is 13.8. The third kappa shape index (κ3) is 2.98. The van der Waals surface area contributed by atoms with Crippen molar-refractivity contribution in [3.63, 3.8) is 0 Å². The van der Waals surface area contributed by atoms with Gasteiger partial charge in [0, 0.05) is 10.0 Å². The number of nitrogens with zero attached hydrogens (tertiary/aromatic N) is 1. The first-order valence-corrected chi connectivity index (χ1v) is 6.05. The van der Waals surface area contributed by atoms with E-state index in [4.69, 9.17) is 10.00 Å². The van der Waals surface area contributed by atoms with E-state index in [0.29, 0.717) is 16.3 Å². The van der Waals surface area contributed by atoms with Crippen LogP contribution < -0.4 is 4.74 Å². The quantitative estimate of drug-likeness (QED) is 0.801. The van der Waals surface area contributed by atoms with Crippen molar-refractivity contribution in [1.82, 2.24) is 0 Å². The summed E-state index contributed by atoms with van der Waals surface area (Å²) in [6.07, 6.45) is 0.629. The second-order valence-electron chi connectivity index (χ2n) is 3.66. The van der Waals surface area contributed by atoms with Gasteiger partial charge in [0.2, 0.25) is 0 Å². The standard InChI is InChI=1S/C14H7BrFNO2/c15-11-2-3-12(16)14(6-11)19-13-4-1-9(8-18)5-10(13)7-17/h1-6,8H. The van der Waals surface area contributed by atoms with Crippen LogP contribution in [0.2, 0.25) is 0 Å². The fraction of sp³-hybridized carbons (Fsp3) is 0. The highest BCUT2D eigenvalue weighted by Crippen LogP contribution is 2.29. The molecule has 2 aromatic carbocycles. The van der Waals surface area contributed by atoms with Crippen molar-refractivity contribution >= 4 is 22.2 Å². The van der Waals surface area contributed by atoms with Crippen molar-refractivity contribution in [2.24, 2.45) is 0 Å². The summed E-state index contributed by atoms with van der Waals surface area (Å²) in [7, 11) is 0. The Balaban J connectivity index is 2.41. The van der Waals surface area contributed by atoms with E-state index in [0.717, 1.165) is 0 Å². The van der Waals surface area contributed by atoms with Gasteiger partial charge >= 0.3 is 0 Å². The molecule has 19 heavy (non-hydrogen) atoms. The van der Waals surface area contributed by atoms with Gasteiger partial charge in [-0.15, -0.1) is 0 Å². The molecule has 0 heterocycles. The SMILES string of the molecule is N#Cc1cc(C=O)ccc1Oc1cc(Br)ccc1F. The predicted molar refractivity (Wildman–Crippen MR) is 70.7 cm³/mol. The molecule has 0 bridgehead atoms. The number of nitriles is 1. The molecule has 2 rings (SSSR count). The Kier molecular flexibility index (Phi) is 3.93. The minimum Gasteiger partial charge on any atom is -0.453 e. The van der Waals surface area contributed by atoms with Crippen LogP contribution in [0, 0.1) is 17.1 Å². The number of hydrogen-bond acceptors (Lipinski definition) is 3. The van der Waals surface area contributed by atoms with E-state index < -0.39 is 5.82 Å². The minimum absolute atomic E-state index is 0.00438. The van der Waals surface area contributed by atoms with E-state index in [9.17, 15) is 9.18 Å². The normalized spacial score (nSPS) is 9.74. The Bertz CT molecular complexity index is 680. The van der Waals surface area contributed by atoms with Crippen molar-refractivity contribution in [2.45, 2.75) is 0 Å². The lowest BCUT2D eigenvalue weighted by Gasteiger charge is -2.09. The maximum atomic E-state index is 13.6. The van der Waals surface area contributed by atoms with Crippen LogP contribution in [0.4, 0.5) is 4.39 Å². The number of benzene rings is 2. The molecule has 0 unspecified atom stereocenters. The van der Waals surface area contributed by atoms with Crippen LogP contribution in [-0.4, -0.2) is 6.29 Å². The first-order valence-electron chi connectivity index (χ1n) is 5.26. The lowest BCUT2D eigenvalue weighted by molar-refractivity contribution is 0.112. The second-order valence-corrected chi connectivity index (χ2v) is 4.58. The fourth-order valence-electron chi connectivity index (χ4n) is 1.47. The third-order valence-corrected chi connectivity index (χ3v) is 2.87. The second kappa shape index (κ2) is 5.63. The molecule has 94 valence electrons. The molecule has 0 amide bonds. The summed E-state index contributed by atoms with van der Waals surface area (Å²) in [5, 5.41) is 8.99. The zero-order valence-electron chi connectivity index (χ0n) is 9.56. The molecule has 0 spiro atoms. The molecule has 3 nitrogen and oxygen atoms in total. The number of aldehydes is 1. The molecule has 0 saturated carbocycles. The van der Waals surface area contributed by atoms with Crippen molar-refractivity contribution in [3.05, 3.63) is 57.8 Å². The van der Waals surface area contributed by atoms with Crippen LogP contribution in [0.1, 0.15) is 15.9 Å². The summed E-state index contributed by atoms with van der Waals surface area (Å²) in [6, 6.07) is 10.5. The first kappa shape index (κ1) is 13.2. The molecule has 0 fully saturated rings. The molecule has 0 aliphatic rings. The molecule has 0 aliphatic heterocycles. The molecule has 2 aromatic rings. The Morgan fingerprint density at radius 2 is 2.00 bits per heavy atom. The highest BCUT2D eigenvalue weighted by atomic mass is 79.9. The Hall–Kier alpha value is -2.19. The van der Waals surface area contributed by atoms with Gasteiger partial charge in [0.05, 0.1) is 5.56 Å². The maximum absolute atomic E-state index is 13.6. The van der Waals surface area contributed by atoms with Gasteiger partial charge in [-0.2, -0.15) is 5.26 Å². The number of carbonyl (C=O) groups is 1. The van der Waals surface area contributed by atoms with E-state index >= 15 is 0 Å². The summed E-state index contributed by atoms with van der Waals surface area (Å²) in [5.74, 6) is -0.332. The number of ether oxygens (including phenoxy) is 1. The Labute approximate surface area is 117 Å². The molecule has 0 atom stereocenters. The summed E-state index contributed by atoms with van der Waals surface area (Å²) in [6.45, 7) is 0. The summed E-state index contributed by atoms with van der Waals surface area (Å²) in [4.78, 5) is 10.6. The van der Waals surface area contributed by atoms with Crippen molar-refractivity contribution in [2.75, 3.05) is 0 Å². The number of hydrogen-bond donors (Lipinski definition) is 0. The molecule has 0 aliphatic carbocycles. The molecular formula is C14H7BrFNO2. The molecule has 5 heteroatoms. The zero-order valence-corrected chi connectivity index (χ0v) is 11.1. The Morgan fingerprint density at radius 1 is 1.21 bits per heavy atom. The molecular weight excluding hydrogens is 313 g/mol. The molecule has 0 N–H and O–H groups in total. The monoisotopic (exact) mass is 319 g/mol. The van der Waals surface area contributed by atoms with E-state index in [-0.39, 0.29) is 17.1 Å². The van der Waals surface area contributed by atoms with Gasteiger partial charge in [-0.3, -0.25) is 4.79 Å². The van der Waals surface area contributed by atoms with Crippen LogP contribution in [0.15, 0.2) is 40.9 Å². The van der Waals surface area contributed by atoms with E-state index in [1.54, 1.807) is 6.07 Å². The van der Waals surface area contributed by atoms with Gasteiger partial charge in [0.1, 0.15) is 18.1 Å². The lowest BCUT2D eigenvalue weighted by Crippen LogP contribution is -1.92. The van der Waals surface area contributed by atoms with Crippen molar-refractivity contribution < 1.29 is 13.9 Å². The van der Waals surface area contributed by atoms with Gasteiger partial charge in [-0.25, -0.2) is 4.39 Å². The average Bonchev–Trinajstić information content (AvgIpc) is 2.43. The molecule has 0 aromatic heterocycles. The predicted octanol–water partition coefficient (Wildman–Crippen LogP) is 4.06. The van der Waals surface area contributed by atoms with Crippen LogP contribution in [0.3, 0.4) is 0 Å². The number of halogens is 2. The lowest BCUT2D eigenvalue weighted by atomic mass is 10.1. The minimum atomic E-state index is -0.536. The topological polar surface area (TPSA) is 50.1 Å². The highest BCUT2D eigenvalue weighted by Gasteiger charge is 2.10. The van der Waals surface area contributed by atoms with E-state index in [1.165, 1.54) is 30.3 Å². The van der Waals surface area contributed by atoms with Crippen molar-refractivity contribution in [1.29, 1.82) is 5.26 Å². The van der Waals surface area contributed by atoms with Crippen LogP contribution in [0.5, 0.6) is 11.5 Å². The highest BCUT2D eigenvalue weighted by molar-refractivity contribution is 9.10. The van der Waals surface area contributed by atoms with Crippen LogP contribution >= 0.6 is 15.9 Å². The van der Waals surface area contributed by atoms with Crippen LogP contribution in [-0.2, 0) is 0 Å². The van der Waals surface area contributed by atoms with E-state index in [2.05, 4.69) is 15.9 Å².